The van der Waals surface area contributed by atoms with Crippen molar-refractivity contribution < 1.29 is 0 Å². The molecule has 0 heterocycles. The number of hydrogen-bond acceptors (Lipinski definition) is 5. The maximum absolute atomic E-state index is 2.30. The Balaban J connectivity index is 3.63. The van der Waals surface area contributed by atoms with Gasteiger partial charge < -0.3 is 4.90 Å². The van der Waals surface area contributed by atoms with Crippen LogP contribution in [0.4, 0.5) is 0 Å². The topological polar surface area (TPSA) is 3.24 Å². The molecule has 0 bridgehead atoms. The molecule has 0 aliphatic heterocycles. The van der Waals surface area contributed by atoms with E-state index in [4.69, 9.17) is 0 Å². The lowest BCUT2D eigenvalue weighted by molar-refractivity contribution is 0.415. The number of hydrogen-bond donors (Lipinski definition) is 0. The molecule has 0 aromatic heterocycles. The minimum absolute atomic E-state index is 0.765. The summed E-state index contributed by atoms with van der Waals surface area (Å²) in [5.41, 5.74) is 0. The van der Waals surface area contributed by atoms with Gasteiger partial charge in [-0.1, -0.05) is 57.0 Å². The van der Waals surface area contributed by atoms with E-state index >= 15 is 0 Å². The predicted molar refractivity (Wildman–Crippen MR) is 87.9 cm³/mol. The lowest BCUT2D eigenvalue weighted by Crippen LogP contribution is -2.24. The first-order valence-corrected chi connectivity index (χ1v) is 10.7. The zero-order valence-electron chi connectivity index (χ0n) is 10.9. The molecule has 1 unspecified atom stereocenters. The van der Waals surface area contributed by atoms with Crippen LogP contribution in [-0.4, -0.2) is 48.0 Å². The first-order chi connectivity index (χ1) is 7.70. The van der Waals surface area contributed by atoms with Crippen molar-refractivity contribution in [3.8, 4) is 0 Å². The first kappa shape index (κ1) is 17.4. The second kappa shape index (κ2) is 12.8. The van der Waals surface area contributed by atoms with Gasteiger partial charge in [0.1, 0.15) is 0 Å². The van der Waals surface area contributed by atoms with E-state index in [9.17, 15) is 0 Å². The van der Waals surface area contributed by atoms with E-state index in [1.54, 1.807) is 0 Å². The molecule has 0 aliphatic carbocycles. The molecule has 0 aromatic rings. The summed E-state index contributed by atoms with van der Waals surface area (Å²) in [4.78, 5) is 2.30. The van der Waals surface area contributed by atoms with Gasteiger partial charge in [0.15, 0.2) is 0 Å². The summed E-state index contributed by atoms with van der Waals surface area (Å²) in [5.74, 6) is 3.83. The molecule has 5 heteroatoms. The molecule has 0 spiro atoms. The van der Waals surface area contributed by atoms with Crippen molar-refractivity contribution in [2.24, 2.45) is 0 Å². The lowest BCUT2D eigenvalue weighted by Gasteiger charge is -2.19. The van der Waals surface area contributed by atoms with Gasteiger partial charge in [0, 0.05) is 29.1 Å². The van der Waals surface area contributed by atoms with E-state index in [-0.39, 0.29) is 0 Å². The van der Waals surface area contributed by atoms with Crippen molar-refractivity contribution in [1.29, 1.82) is 0 Å². The second-order valence-corrected chi connectivity index (χ2v) is 9.32. The molecule has 98 valence electrons. The van der Waals surface area contributed by atoms with Gasteiger partial charge in [-0.2, -0.15) is 0 Å². The molecule has 0 radical (unpaired) electrons. The minimum atomic E-state index is 0.765. The fourth-order valence-corrected chi connectivity index (χ4v) is 6.83. The van der Waals surface area contributed by atoms with Crippen LogP contribution in [0.3, 0.4) is 0 Å². The Bertz CT molecular complexity index is 144. The third-order valence-corrected chi connectivity index (χ3v) is 7.61. The molecule has 0 saturated carbocycles. The van der Waals surface area contributed by atoms with Crippen molar-refractivity contribution in [1.82, 2.24) is 4.90 Å². The van der Waals surface area contributed by atoms with Gasteiger partial charge in [0.2, 0.25) is 0 Å². The smallest absolute Gasteiger partial charge is 0.0377 e. The highest BCUT2D eigenvalue weighted by Gasteiger charge is 2.11. The van der Waals surface area contributed by atoms with E-state index in [1.165, 1.54) is 36.6 Å². The van der Waals surface area contributed by atoms with Gasteiger partial charge in [-0.05, 0) is 26.9 Å². The lowest BCUT2D eigenvalue weighted by atomic mass is 10.4. The molecule has 0 N–H and O–H groups in total. The van der Waals surface area contributed by atoms with Crippen molar-refractivity contribution in [3.05, 3.63) is 0 Å². The number of rotatable bonds is 11. The van der Waals surface area contributed by atoms with Crippen molar-refractivity contribution in [3.63, 3.8) is 0 Å². The summed E-state index contributed by atoms with van der Waals surface area (Å²) < 4.78 is 0. The van der Waals surface area contributed by atoms with Crippen molar-refractivity contribution >= 4 is 43.2 Å². The van der Waals surface area contributed by atoms with Crippen LogP contribution < -0.4 is 0 Å². The Labute approximate surface area is 117 Å². The Hall–Kier alpha value is 1.36. The predicted octanol–water partition coefficient (Wildman–Crippen LogP) is 4.50. The van der Waals surface area contributed by atoms with E-state index in [0.717, 1.165) is 5.25 Å². The summed E-state index contributed by atoms with van der Waals surface area (Å²) in [6.45, 7) is 5.69. The van der Waals surface area contributed by atoms with Crippen LogP contribution in [0.15, 0.2) is 0 Å². The molecule has 0 aliphatic rings. The van der Waals surface area contributed by atoms with Gasteiger partial charge in [-0.15, -0.1) is 0 Å². The summed E-state index contributed by atoms with van der Waals surface area (Å²) in [7, 11) is 12.5. The normalized spacial score (nSPS) is 13.3. The summed E-state index contributed by atoms with van der Waals surface area (Å²) >= 11 is 0. The van der Waals surface area contributed by atoms with Crippen LogP contribution in [0.5, 0.6) is 0 Å². The maximum atomic E-state index is 2.30. The fourth-order valence-electron chi connectivity index (χ4n) is 1.01. The molecule has 1 nitrogen and oxygen atoms in total. The molecular weight excluding hydrogens is 274 g/mol. The van der Waals surface area contributed by atoms with E-state index in [2.05, 4.69) is 43.6 Å². The van der Waals surface area contributed by atoms with Gasteiger partial charge >= 0.3 is 0 Å². The first-order valence-electron chi connectivity index (χ1n) is 5.88. The number of nitrogens with zero attached hydrogens (tertiary/aromatic N) is 1. The Morgan fingerprint density at radius 2 is 1.56 bits per heavy atom. The van der Waals surface area contributed by atoms with Gasteiger partial charge in [-0.25, -0.2) is 0 Å². The Morgan fingerprint density at radius 1 is 0.938 bits per heavy atom. The third kappa shape index (κ3) is 11.8. The summed E-state index contributed by atoms with van der Waals surface area (Å²) in [6.07, 6.45) is 2.57. The van der Waals surface area contributed by atoms with Crippen LogP contribution in [-0.2, 0) is 0 Å². The van der Waals surface area contributed by atoms with Crippen LogP contribution in [0.25, 0.3) is 0 Å². The summed E-state index contributed by atoms with van der Waals surface area (Å²) in [5, 5.41) is 0.765. The SMILES string of the molecule is CCCSSCC(CN(C)C)SSCCC. The van der Waals surface area contributed by atoms with Crippen molar-refractivity contribution in [2.45, 2.75) is 31.9 Å². The molecular formula is C11H25NS4. The van der Waals surface area contributed by atoms with Gasteiger partial charge in [0.25, 0.3) is 0 Å². The zero-order chi connectivity index (χ0) is 12.2. The zero-order valence-corrected chi connectivity index (χ0v) is 14.2. The maximum Gasteiger partial charge on any atom is 0.0377 e. The molecule has 0 aromatic carbocycles. The monoisotopic (exact) mass is 299 g/mol. The van der Waals surface area contributed by atoms with E-state index in [0.29, 0.717) is 0 Å². The molecule has 1 atom stereocenters. The second-order valence-electron chi connectivity index (χ2n) is 3.91. The standard InChI is InChI=1S/C11H25NS4/c1-5-7-13-15-10-11(9-12(3)4)16-14-8-6-2/h11H,5-10H2,1-4H3. The van der Waals surface area contributed by atoms with E-state index in [1.807, 2.05) is 32.4 Å². The average molecular weight is 300 g/mol. The fraction of sp³-hybridized carbons (Fsp3) is 1.00. The summed E-state index contributed by atoms with van der Waals surface area (Å²) in [6, 6.07) is 0. The van der Waals surface area contributed by atoms with Crippen LogP contribution in [0.2, 0.25) is 0 Å². The Kier molecular flexibility index (Phi) is 13.9. The molecule has 16 heavy (non-hydrogen) atoms. The Morgan fingerprint density at radius 3 is 2.12 bits per heavy atom. The highest BCUT2D eigenvalue weighted by molar-refractivity contribution is 8.78. The van der Waals surface area contributed by atoms with Crippen molar-refractivity contribution in [2.75, 3.05) is 37.9 Å². The van der Waals surface area contributed by atoms with Crippen LogP contribution >= 0.6 is 43.2 Å². The van der Waals surface area contributed by atoms with Crippen LogP contribution in [0.1, 0.15) is 26.7 Å². The minimum Gasteiger partial charge on any atom is -0.308 e. The van der Waals surface area contributed by atoms with Gasteiger partial charge in [0.05, 0.1) is 0 Å². The largest absolute Gasteiger partial charge is 0.308 e. The molecule has 0 saturated heterocycles. The highest BCUT2D eigenvalue weighted by atomic mass is 33.1. The van der Waals surface area contributed by atoms with E-state index < -0.39 is 0 Å². The average Bonchev–Trinajstić information content (AvgIpc) is 2.23. The quantitative estimate of drug-likeness (QED) is 0.407. The molecule has 0 rings (SSSR count). The highest BCUT2D eigenvalue weighted by Crippen LogP contribution is 2.33. The molecule has 0 fully saturated rings. The van der Waals surface area contributed by atoms with Crippen LogP contribution in [0, 0.1) is 0 Å². The molecule has 0 amide bonds. The van der Waals surface area contributed by atoms with Gasteiger partial charge in [-0.3, -0.25) is 0 Å². The third-order valence-electron chi connectivity index (χ3n) is 1.69.